The van der Waals surface area contributed by atoms with Crippen LogP contribution in [-0.4, -0.2) is 53.0 Å². The zero-order chi connectivity index (χ0) is 33.1. The molecule has 0 fully saturated rings. The van der Waals surface area contributed by atoms with Gasteiger partial charge in [0.15, 0.2) is 5.58 Å². The molecule has 0 spiro atoms. The molecular weight excluding hydrogens is 582 g/mol. The summed E-state index contributed by atoms with van der Waals surface area (Å²) in [7, 11) is 0. The number of carbonyl (C=O) groups is 2. The predicted octanol–water partition coefficient (Wildman–Crippen LogP) is 7.74. The summed E-state index contributed by atoms with van der Waals surface area (Å²) in [5.74, 6) is 0.394. The largest absolute Gasteiger partial charge is 0.462 e. The first-order chi connectivity index (χ1) is 21.9. The number of aromatic nitrogens is 1. The first-order valence-electron chi connectivity index (χ1n) is 16.3. The molecule has 0 bridgehead atoms. The van der Waals surface area contributed by atoms with E-state index in [4.69, 9.17) is 13.6 Å². The highest BCUT2D eigenvalue weighted by molar-refractivity contribution is 5.93. The lowest BCUT2D eigenvalue weighted by atomic mass is 9.87. The van der Waals surface area contributed by atoms with Crippen molar-refractivity contribution in [2.75, 3.05) is 24.5 Å². The van der Waals surface area contributed by atoms with Gasteiger partial charge in [-0.25, -0.2) is 9.78 Å². The van der Waals surface area contributed by atoms with Crippen molar-refractivity contribution in [1.82, 2.24) is 9.88 Å². The van der Waals surface area contributed by atoms with Gasteiger partial charge in [-0.05, 0) is 96.6 Å². The number of hydrogen-bond acceptors (Lipinski definition) is 8. The monoisotopic (exact) mass is 627 g/mol. The molecule has 1 aliphatic heterocycles. The fraction of sp³-hybridized carbons (Fsp3) is 0.459. The van der Waals surface area contributed by atoms with Crippen molar-refractivity contribution >= 4 is 45.7 Å². The van der Waals surface area contributed by atoms with E-state index < -0.39 is 11.2 Å². The van der Waals surface area contributed by atoms with Gasteiger partial charge in [0.2, 0.25) is 11.8 Å². The minimum absolute atomic E-state index is 0.156. The Morgan fingerprint density at radius 2 is 1.80 bits per heavy atom. The van der Waals surface area contributed by atoms with Crippen LogP contribution in [-0.2, 0) is 14.3 Å². The van der Waals surface area contributed by atoms with Crippen LogP contribution in [0.2, 0.25) is 0 Å². The molecule has 1 aliphatic rings. The number of unbranched alkanes of at least 4 members (excludes halogenated alkanes) is 1. The number of para-hydroxylation sites is 2. The van der Waals surface area contributed by atoms with Crippen LogP contribution in [0.25, 0.3) is 39.1 Å². The molecule has 46 heavy (non-hydrogen) atoms. The fourth-order valence-corrected chi connectivity index (χ4v) is 6.46. The van der Waals surface area contributed by atoms with Gasteiger partial charge in [0, 0.05) is 48.8 Å². The molecule has 1 amide bonds. The SMILES string of the molecule is CCCN(CCCCC(C)(C)OC=O)C(=O)CCCN1c2cc3oc(=O)c(-c4nc5ccccc5o4)cc3cc2C(C)=CC1(C)C. The highest BCUT2D eigenvalue weighted by Gasteiger charge is 2.32. The average Bonchev–Trinajstić information content (AvgIpc) is 3.43. The molecule has 0 aliphatic carbocycles. The Morgan fingerprint density at radius 3 is 2.54 bits per heavy atom. The molecule has 244 valence electrons. The van der Waals surface area contributed by atoms with Crippen molar-refractivity contribution in [2.24, 2.45) is 0 Å². The second-order valence-electron chi connectivity index (χ2n) is 13.4. The van der Waals surface area contributed by atoms with Crippen LogP contribution in [0.1, 0.15) is 85.6 Å². The summed E-state index contributed by atoms with van der Waals surface area (Å²) in [6.07, 6.45) is 6.77. The number of allylic oxidation sites excluding steroid dienone is 1. The normalized spacial score (nSPS) is 14.3. The van der Waals surface area contributed by atoms with Gasteiger partial charge >= 0.3 is 5.63 Å². The summed E-state index contributed by atoms with van der Waals surface area (Å²) in [5, 5.41) is 0.787. The molecule has 5 rings (SSSR count). The van der Waals surface area contributed by atoms with E-state index in [1.807, 2.05) is 49.1 Å². The van der Waals surface area contributed by atoms with Crippen molar-refractivity contribution < 1.29 is 23.2 Å². The number of carbonyl (C=O) groups excluding carboxylic acids is 2. The number of ether oxygens (including phenoxy) is 1. The fourth-order valence-electron chi connectivity index (χ4n) is 6.46. The molecule has 0 radical (unpaired) electrons. The summed E-state index contributed by atoms with van der Waals surface area (Å²) >= 11 is 0. The second-order valence-corrected chi connectivity index (χ2v) is 13.4. The molecule has 0 saturated carbocycles. The lowest BCUT2D eigenvalue weighted by Gasteiger charge is -2.43. The molecule has 2 aromatic heterocycles. The van der Waals surface area contributed by atoms with Gasteiger partial charge in [-0.15, -0.1) is 0 Å². The van der Waals surface area contributed by atoms with Crippen LogP contribution < -0.4 is 10.5 Å². The van der Waals surface area contributed by atoms with Crippen molar-refractivity contribution in [3.63, 3.8) is 0 Å². The van der Waals surface area contributed by atoms with Crippen molar-refractivity contribution in [1.29, 1.82) is 0 Å². The van der Waals surface area contributed by atoms with E-state index in [1.54, 1.807) is 6.07 Å². The van der Waals surface area contributed by atoms with E-state index in [1.165, 1.54) is 0 Å². The third-order valence-corrected chi connectivity index (χ3v) is 8.80. The molecule has 0 unspecified atom stereocenters. The lowest BCUT2D eigenvalue weighted by Crippen LogP contribution is -2.46. The Kier molecular flexibility index (Phi) is 9.70. The van der Waals surface area contributed by atoms with Crippen molar-refractivity contribution in [3.8, 4) is 11.5 Å². The first-order valence-corrected chi connectivity index (χ1v) is 16.3. The summed E-state index contributed by atoms with van der Waals surface area (Å²) in [6.45, 7) is 14.9. The number of anilines is 1. The quantitative estimate of drug-likeness (QED) is 0.0794. The minimum Gasteiger partial charge on any atom is -0.462 e. The van der Waals surface area contributed by atoms with Gasteiger partial charge in [-0.1, -0.05) is 25.1 Å². The lowest BCUT2D eigenvalue weighted by molar-refractivity contribution is -0.140. The van der Waals surface area contributed by atoms with E-state index in [-0.39, 0.29) is 22.9 Å². The second kappa shape index (κ2) is 13.5. The van der Waals surface area contributed by atoms with E-state index in [2.05, 4.69) is 49.7 Å². The maximum absolute atomic E-state index is 13.3. The van der Waals surface area contributed by atoms with Crippen LogP contribution in [0.5, 0.6) is 0 Å². The summed E-state index contributed by atoms with van der Waals surface area (Å²) < 4.78 is 16.9. The molecule has 0 N–H and O–H groups in total. The van der Waals surface area contributed by atoms with Gasteiger partial charge in [-0.2, -0.15) is 0 Å². The molecular formula is C37H45N3O6. The highest BCUT2D eigenvalue weighted by Crippen LogP contribution is 2.41. The number of oxazole rings is 1. The predicted molar refractivity (Wildman–Crippen MR) is 182 cm³/mol. The summed E-state index contributed by atoms with van der Waals surface area (Å²) in [6, 6.07) is 13.2. The van der Waals surface area contributed by atoms with Gasteiger partial charge in [-0.3, -0.25) is 9.59 Å². The molecule has 0 saturated heterocycles. The van der Waals surface area contributed by atoms with E-state index in [9.17, 15) is 14.4 Å². The van der Waals surface area contributed by atoms with Gasteiger partial charge in [0.25, 0.3) is 6.47 Å². The number of amides is 1. The summed E-state index contributed by atoms with van der Waals surface area (Å²) in [5.41, 5.74) is 3.95. The topological polar surface area (TPSA) is 106 Å². The van der Waals surface area contributed by atoms with E-state index in [0.717, 1.165) is 54.4 Å². The Morgan fingerprint density at radius 1 is 1.04 bits per heavy atom. The Hall–Kier alpha value is -4.40. The molecule has 0 atom stereocenters. The van der Waals surface area contributed by atoms with Crippen LogP contribution in [0.15, 0.2) is 62.2 Å². The molecule has 9 nitrogen and oxygen atoms in total. The average molecular weight is 628 g/mol. The first kappa shape index (κ1) is 33.0. The Balaban J connectivity index is 1.31. The minimum atomic E-state index is -0.505. The zero-order valence-corrected chi connectivity index (χ0v) is 27.9. The number of nitrogens with zero attached hydrogens (tertiary/aromatic N) is 3. The third-order valence-electron chi connectivity index (χ3n) is 8.80. The highest BCUT2D eigenvalue weighted by atomic mass is 16.5. The Labute approximate surface area is 270 Å². The number of fused-ring (bicyclic) bond motifs is 3. The number of hydrogen-bond donors (Lipinski definition) is 0. The van der Waals surface area contributed by atoms with Gasteiger partial charge < -0.3 is 23.4 Å². The maximum Gasteiger partial charge on any atom is 0.349 e. The zero-order valence-electron chi connectivity index (χ0n) is 27.9. The van der Waals surface area contributed by atoms with Crippen molar-refractivity contribution in [2.45, 2.75) is 91.2 Å². The third kappa shape index (κ3) is 7.19. The van der Waals surface area contributed by atoms with Crippen LogP contribution in [0.3, 0.4) is 0 Å². The van der Waals surface area contributed by atoms with Gasteiger partial charge in [0.05, 0.1) is 5.54 Å². The van der Waals surface area contributed by atoms with Crippen LogP contribution >= 0.6 is 0 Å². The van der Waals surface area contributed by atoms with Gasteiger partial charge in [0.1, 0.15) is 22.3 Å². The number of rotatable bonds is 14. The smallest absolute Gasteiger partial charge is 0.349 e. The summed E-state index contributed by atoms with van der Waals surface area (Å²) in [4.78, 5) is 45.9. The number of benzene rings is 2. The molecule has 2 aromatic carbocycles. The molecule has 3 heterocycles. The standard InChI is InChI=1S/C37H45N3O6/c1-7-17-39(18-11-10-16-37(5,6)44-24-41)33(42)15-12-19-40-30-22-32-26(20-27(30)25(2)23-36(40,3)4)21-28(35(43)46-32)34-38-29-13-8-9-14-31(29)45-34/h8-9,13-14,20-24H,7,10-12,15-19H2,1-6H3. The maximum atomic E-state index is 13.3. The molecule has 9 heteroatoms. The van der Waals surface area contributed by atoms with Crippen molar-refractivity contribution in [3.05, 3.63) is 64.5 Å². The van der Waals surface area contributed by atoms with Crippen LogP contribution in [0, 0.1) is 0 Å². The molecule has 4 aromatic rings. The Bertz CT molecular complexity index is 1780. The van der Waals surface area contributed by atoms with E-state index >= 15 is 0 Å². The van der Waals surface area contributed by atoms with E-state index in [0.29, 0.717) is 49.1 Å². The van der Waals surface area contributed by atoms with Crippen LogP contribution in [0.4, 0.5) is 5.69 Å².